The van der Waals surface area contributed by atoms with Crippen LogP contribution in [0.2, 0.25) is 0 Å². The summed E-state index contributed by atoms with van der Waals surface area (Å²) < 4.78 is 23.8. The molecular weight excluding hydrogens is 245 g/mol. The monoisotopic (exact) mass is 261 g/mol. The Labute approximate surface area is 111 Å². The number of hydrogen-bond acceptors (Lipinski definition) is 3. The summed E-state index contributed by atoms with van der Waals surface area (Å²) in [5, 5.41) is 0. The van der Waals surface area contributed by atoms with Gasteiger partial charge in [-0.3, -0.25) is 0 Å². The number of halogens is 1. The molecule has 4 heteroatoms. The van der Waals surface area contributed by atoms with Crippen molar-refractivity contribution in [1.82, 2.24) is 0 Å². The van der Waals surface area contributed by atoms with Gasteiger partial charge in [-0.05, 0) is 35.4 Å². The van der Waals surface area contributed by atoms with Gasteiger partial charge in [-0.2, -0.15) is 0 Å². The predicted molar refractivity (Wildman–Crippen MR) is 72.8 cm³/mol. The molecular formula is C15H16FNO2. The van der Waals surface area contributed by atoms with E-state index in [0.717, 1.165) is 16.7 Å². The van der Waals surface area contributed by atoms with E-state index in [1.54, 1.807) is 26.4 Å². The molecule has 0 unspecified atom stereocenters. The molecule has 0 aliphatic carbocycles. The third-order valence-electron chi connectivity index (χ3n) is 2.99. The van der Waals surface area contributed by atoms with E-state index in [2.05, 4.69) is 0 Å². The maximum absolute atomic E-state index is 13.2. The minimum atomic E-state index is -0.295. The SMILES string of the molecule is COc1ccc(-c2ccc(F)cc2CN)c(OC)c1. The van der Waals surface area contributed by atoms with Crippen LogP contribution in [0.3, 0.4) is 0 Å². The second kappa shape index (κ2) is 5.71. The highest BCUT2D eigenvalue weighted by molar-refractivity contribution is 5.74. The standard InChI is InChI=1S/C15H16FNO2/c1-18-12-4-6-14(15(8-12)19-2)13-5-3-11(16)7-10(13)9-17/h3-8H,9,17H2,1-2H3. The highest BCUT2D eigenvalue weighted by Crippen LogP contribution is 2.35. The zero-order valence-corrected chi connectivity index (χ0v) is 10.9. The molecule has 2 N–H and O–H groups in total. The van der Waals surface area contributed by atoms with Crippen molar-refractivity contribution in [1.29, 1.82) is 0 Å². The first-order valence-electron chi connectivity index (χ1n) is 5.90. The molecule has 100 valence electrons. The smallest absolute Gasteiger partial charge is 0.130 e. The van der Waals surface area contributed by atoms with Gasteiger partial charge in [0, 0.05) is 18.2 Å². The first kappa shape index (κ1) is 13.4. The second-order valence-electron chi connectivity index (χ2n) is 4.07. The molecule has 0 atom stereocenters. The second-order valence-corrected chi connectivity index (χ2v) is 4.07. The molecule has 2 aromatic carbocycles. The molecule has 0 amide bonds. The molecule has 0 aliphatic rings. The van der Waals surface area contributed by atoms with Crippen LogP contribution in [0.15, 0.2) is 36.4 Å². The van der Waals surface area contributed by atoms with E-state index in [1.807, 2.05) is 12.1 Å². The molecule has 2 aromatic rings. The molecule has 0 spiro atoms. The number of rotatable bonds is 4. The Hall–Kier alpha value is -2.07. The highest BCUT2D eigenvalue weighted by atomic mass is 19.1. The van der Waals surface area contributed by atoms with E-state index < -0.39 is 0 Å². The van der Waals surface area contributed by atoms with Crippen LogP contribution in [0.4, 0.5) is 4.39 Å². The fourth-order valence-corrected chi connectivity index (χ4v) is 2.01. The van der Waals surface area contributed by atoms with E-state index in [0.29, 0.717) is 11.5 Å². The average molecular weight is 261 g/mol. The predicted octanol–water partition coefficient (Wildman–Crippen LogP) is 2.97. The Morgan fingerprint density at radius 2 is 1.74 bits per heavy atom. The van der Waals surface area contributed by atoms with Crippen LogP contribution in [0, 0.1) is 5.82 Å². The summed E-state index contributed by atoms with van der Waals surface area (Å²) >= 11 is 0. The van der Waals surface area contributed by atoms with Gasteiger partial charge in [0.1, 0.15) is 17.3 Å². The van der Waals surface area contributed by atoms with Crippen molar-refractivity contribution in [3.63, 3.8) is 0 Å². The molecule has 3 nitrogen and oxygen atoms in total. The molecule has 0 aromatic heterocycles. The topological polar surface area (TPSA) is 44.5 Å². The molecule has 0 radical (unpaired) electrons. The molecule has 0 saturated heterocycles. The lowest BCUT2D eigenvalue weighted by molar-refractivity contribution is 0.395. The van der Waals surface area contributed by atoms with Crippen LogP contribution in [0.5, 0.6) is 11.5 Å². The van der Waals surface area contributed by atoms with Gasteiger partial charge in [-0.15, -0.1) is 0 Å². The van der Waals surface area contributed by atoms with Crippen molar-refractivity contribution in [2.45, 2.75) is 6.54 Å². The fraction of sp³-hybridized carbons (Fsp3) is 0.200. The zero-order valence-electron chi connectivity index (χ0n) is 10.9. The normalized spacial score (nSPS) is 10.3. The zero-order chi connectivity index (χ0) is 13.8. The lowest BCUT2D eigenvalue weighted by atomic mass is 9.98. The van der Waals surface area contributed by atoms with Gasteiger partial charge in [0.2, 0.25) is 0 Å². The Balaban J connectivity index is 2.58. The van der Waals surface area contributed by atoms with E-state index in [9.17, 15) is 4.39 Å². The van der Waals surface area contributed by atoms with Gasteiger partial charge in [0.25, 0.3) is 0 Å². The quantitative estimate of drug-likeness (QED) is 0.920. The Morgan fingerprint density at radius 1 is 1.00 bits per heavy atom. The minimum Gasteiger partial charge on any atom is -0.497 e. The third kappa shape index (κ3) is 2.69. The molecule has 0 aliphatic heterocycles. The van der Waals surface area contributed by atoms with E-state index in [4.69, 9.17) is 15.2 Å². The Bertz CT molecular complexity index is 584. The third-order valence-corrected chi connectivity index (χ3v) is 2.99. The fourth-order valence-electron chi connectivity index (χ4n) is 2.01. The molecule has 0 heterocycles. The highest BCUT2D eigenvalue weighted by Gasteiger charge is 2.11. The minimum absolute atomic E-state index is 0.266. The van der Waals surface area contributed by atoms with Gasteiger partial charge in [0.05, 0.1) is 14.2 Å². The average Bonchev–Trinajstić information content (AvgIpc) is 2.46. The van der Waals surface area contributed by atoms with Gasteiger partial charge < -0.3 is 15.2 Å². The first-order chi connectivity index (χ1) is 9.19. The summed E-state index contributed by atoms with van der Waals surface area (Å²) in [5.41, 5.74) is 8.14. The lowest BCUT2D eigenvalue weighted by Gasteiger charge is -2.13. The largest absolute Gasteiger partial charge is 0.497 e. The van der Waals surface area contributed by atoms with Gasteiger partial charge in [0.15, 0.2) is 0 Å². The number of ether oxygens (including phenoxy) is 2. The van der Waals surface area contributed by atoms with Crippen LogP contribution in [-0.4, -0.2) is 14.2 Å². The van der Waals surface area contributed by atoms with Crippen LogP contribution in [0.1, 0.15) is 5.56 Å². The summed E-state index contributed by atoms with van der Waals surface area (Å²) in [6.07, 6.45) is 0. The summed E-state index contributed by atoms with van der Waals surface area (Å²) in [6, 6.07) is 10.1. The Morgan fingerprint density at radius 3 is 2.37 bits per heavy atom. The number of benzene rings is 2. The van der Waals surface area contributed by atoms with Crippen molar-refractivity contribution in [2.75, 3.05) is 14.2 Å². The summed E-state index contributed by atoms with van der Waals surface area (Å²) in [6.45, 7) is 0.266. The first-order valence-corrected chi connectivity index (χ1v) is 5.90. The van der Waals surface area contributed by atoms with E-state index >= 15 is 0 Å². The van der Waals surface area contributed by atoms with Gasteiger partial charge in [-0.25, -0.2) is 4.39 Å². The van der Waals surface area contributed by atoms with Crippen molar-refractivity contribution in [2.24, 2.45) is 5.73 Å². The van der Waals surface area contributed by atoms with Gasteiger partial charge in [-0.1, -0.05) is 6.07 Å². The number of nitrogens with two attached hydrogens (primary N) is 1. The summed E-state index contributed by atoms with van der Waals surface area (Å²) in [7, 11) is 3.18. The van der Waals surface area contributed by atoms with E-state index in [1.165, 1.54) is 12.1 Å². The summed E-state index contributed by atoms with van der Waals surface area (Å²) in [4.78, 5) is 0. The molecule has 2 rings (SSSR count). The molecule has 0 saturated carbocycles. The van der Waals surface area contributed by atoms with Crippen LogP contribution in [-0.2, 0) is 6.54 Å². The van der Waals surface area contributed by atoms with Crippen molar-refractivity contribution >= 4 is 0 Å². The number of hydrogen-bond donors (Lipinski definition) is 1. The Kier molecular flexibility index (Phi) is 4.02. The van der Waals surface area contributed by atoms with Crippen molar-refractivity contribution < 1.29 is 13.9 Å². The lowest BCUT2D eigenvalue weighted by Crippen LogP contribution is -2.01. The molecule has 0 fully saturated rings. The molecule has 19 heavy (non-hydrogen) atoms. The van der Waals surface area contributed by atoms with Gasteiger partial charge >= 0.3 is 0 Å². The van der Waals surface area contributed by atoms with Crippen molar-refractivity contribution in [3.8, 4) is 22.6 Å². The van der Waals surface area contributed by atoms with Crippen molar-refractivity contribution in [3.05, 3.63) is 47.8 Å². The van der Waals surface area contributed by atoms with E-state index in [-0.39, 0.29) is 12.4 Å². The maximum Gasteiger partial charge on any atom is 0.130 e. The van der Waals surface area contributed by atoms with Crippen LogP contribution >= 0.6 is 0 Å². The maximum atomic E-state index is 13.2. The van der Waals surface area contributed by atoms with Crippen LogP contribution < -0.4 is 15.2 Å². The summed E-state index contributed by atoms with van der Waals surface area (Å²) in [5.74, 6) is 1.08. The molecule has 0 bridgehead atoms. The number of methoxy groups -OCH3 is 2. The van der Waals surface area contributed by atoms with Crippen LogP contribution in [0.25, 0.3) is 11.1 Å².